The van der Waals surface area contributed by atoms with Gasteiger partial charge >= 0.3 is 0 Å². The van der Waals surface area contributed by atoms with E-state index in [0.29, 0.717) is 23.7 Å². The molecule has 1 aromatic rings. The van der Waals surface area contributed by atoms with Crippen molar-refractivity contribution in [1.82, 2.24) is 4.90 Å². The Morgan fingerprint density at radius 1 is 1.33 bits per heavy atom. The summed E-state index contributed by atoms with van der Waals surface area (Å²) in [5, 5.41) is 2.92. The molecule has 0 spiro atoms. The number of likely N-dealkylation sites (tertiary alicyclic amines) is 1. The lowest BCUT2D eigenvalue weighted by atomic mass is 10.0. The molecule has 2 amide bonds. The van der Waals surface area contributed by atoms with Gasteiger partial charge in [0.15, 0.2) is 0 Å². The molecule has 3 N–H and O–H groups in total. The van der Waals surface area contributed by atoms with Crippen LogP contribution in [0.3, 0.4) is 0 Å². The molecule has 1 aliphatic heterocycles. The molecule has 2 fully saturated rings. The Balaban J connectivity index is 0.00000208. The molecule has 132 valence electrons. The van der Waals surface area contributed by atoms with Crippen molar-refractivity contribution in [3.05, 3.63) is 29.8 Å². The van der Waals surface area contributed by atoms with Gasteiger partial charge in [-0.3, -0.25) is 9.59 Å². The van der Waals surface area contributed by atoms with Gasteiger partial charge in [-0.2, -0.15) is 0 Å². The highest BCUT2D eigenvalue weighted by atomic mass is 35.5. The average Bonchev–Trinajstić information content (AvgIpc) is 3.31. The lowest BCUT2D eigenvalue weighted by molar-refractivity contribution is -0.117. The normalized spacial score (nSPS) is 25.6. The Labute approximate surface area is 149 Å². The van der Waals surface area contributed by atoms with Gasteiger partial charge in [-0.25, -0.2) is 0 Å². The molecular formula is C18H26ClN3O2. The van der Waals surface area contributed by atoms with Crippen molar-refractivity contribution in [2.45, 2.75) is 38.6 Å². The number of nitrogens with zero attached hydrogens (tertiary/aromatic N) is 1. The number of benzene rings is 1. The molecule has 0 bridgehead atoms. The van der Waals surface area contributed by atoms with E-state index in [1.165, 1.54) is 0 Å². The summed E-state index contributed by atoms with van der Waals surface area (Å²) >= 11 is 0. The molecular weight excluding hydrogens is 326 g/mol. The first-order valence-corrected chi connectivity index (χ1v) is 8.52. The van der Waals surface area contributed by atoms with E-state index in [0.717, 1.165) is 32.2 Å². The maximum atomic E-state index is 12.8. The van der Waals surface area contributed by atoms with Crippen LogP contribution in [0.5, 0.6) is 0 Å². The van der Waals surface area contributed by atoms with Gasteiger partial charge < -0.3 is 16.0 Å². The van der Waals surface area contributed by atoms with Crippen LogP contribution >= 0.6 is 12.4 Å². The molecule has 1 aliphatic carbocycles. The van der Waals surface area contributed by atoms with Crippen LogP contribution in [0.25, 0.3) is 0 Å². The lowest BCUT2D eigenvalue weighted by Gasteiger charge is -2.35. The predicted octanol–water partition coefficient (Wildman–Crippen LogP) is 2.66. The van der Waals surface area contributed by atoms with E-state index in [-0.39, 0.29) is 36.2 Å². The quantitative estimate of drug-likeness (QED) is 0.875. The third-order valence-corrected chi connectivity index (χ3v) is 4.98. The summed E-state index contributed by atoms with van der Waals surface area (Å²) in [5.74, 6) is 0.660. The maximum Gasteiger partial charge on any atom is 0.254 e. The smallest absolute Gasteiger partial charge is 0.254 e. The van der Waals surface area contributed by atoms with Crippen LogP contribution in [-0.4, -0.2) is 35.8 Å². The number of hydrogen-bond donors (Lipinski definition) is 2. The van der Waals surface area contributed by atoms with Gasteiger partial charge in [-0.05, 0) is 49.8 Å². The fourth-order valence-electron chi connectivity index (χ4n) is 3.33. The monoisotopic (exact) mass is 351 g/mol. The van der Waals surface area contributed by atoms with Crippen LogP contribution in [0.4, 0.5) is 5.69 Å². The van der Waals surface area contributed by atoms with Crippen LogP contribution in [0.2, 0.25) is 0 Å². The number of piperidine rings is 1. The number of amides is 2. The van der Waals surface area contributed by atoms with Crippen molar-refractivity contribution >= 4 is 29.9 Å². The van der Waals surface area contributed by atoms with E-state index in [1.54, 1.807) is 12.1 Å². The van der Waals surface area contributed by atoms with Gasteiger partial charge in [-0.1, -0.05) is 13.0 Å². The van der Waals surface area contributed by atoms with E-state index in [1.807, 2.05) is 17.0 Å². The molecule has 3 unspecified atom stereocenters. The number of nitrogens with two attached hydrogens (primary N) is 1. The summed E-state index contributed by atoms with van der Waals surface area (Å²) in [6.07, 6.45) is 4.08. The van der Waals surface area contributed by atoms with Gasteiger partial charge in [0.05, 0.1) is 0 Å². The van der Waals surface area contributed by atoms with Gasteiger partial charge in [0.2, 0.25) is 5.91 Å². The van der Waals surface area contributed by atoms with E-state index < -0.39 is 0 Å². The highest BCUT2D eigenvalue weighted by Gasteiger charge is 2.39. The number of nitrogens with one attached hydrogen (secondary N) is 1. The van der Waals surface area contributed by atoms with E-state index in [9.17, 15) is 9.59 Å². The van der Waals surface area contributed by atoms with Crippen LogP contribution in [0.1, 0.15) is 43.0 Å². The molecule has 1 saturated heterocycles. The van der Waals surface area contributed by atoms with Crippen molar-refractivity contribution < 1.29 is 9.59 Å². The lowest BCUT2D eigenvalue weighted by Crippen LogP contribution is -2.47. The van der Waals surface area contributed by atoms with Gasteiger partial charge in [0, 0.05) is 36.3 Å². The van der Waals surface area contributed by atoms with Gasteiger partial charge in [0.25, 0.3) is 5.91 Å². The molecule has 1 saturated carbocycles. The molecule has 5 nitrogen and oxygen atoms in total. The van der Waals surface area contributed by atoms with Crippen LogP contribution in [0, 0.1) is 11.8 Å². The predicted molar refractivity (Wildman–Crippen MR) is 97.3 cm³/mol. The van der Waals surface area contributed by atoms with Crippen molar-refractivity contribution in [1.29, 1.82) is 0 Å². The first-order chi connectivity index (χ1) is 11.1. The molecule has 1 heterocycles. The first-order valence-electron chi connectivity index (χ1n) is 8.52. The minimum absolute atomic E-state index is 0. The van der Waals surface area contributed by atoms with Crippen molar-refractivity contribution in [3.8, 4) is 0 Å². The Morgan fingerprint density at radius 2 is 2.08 bits per heavy atom. The maximum absolute atomic E-state index is 12.8. The minimum atomic E-state index is 0. The minimum Gasteiger partial charge on any atom is -0.334 e. The van der Waals surface area contributed by atoms with Crippen LogP contribution < -0.4 is 11.1 Å². The van der Waals surface area contributed by atoms with Crippen LogP contribution in [0.15, 0.2) is 24.3 Å². The molecule has 1 aromatic carbocycles. The average molecular weight is 352 g/mol. The van der Waals surface area contributed by atoms with E-state index >= 15 is 0 Å². The highest BCUT2D eigenvalue weighted by molar-refractivity contribution is 5.98. The zero-order valence-electron chi connectivity index (χ0n) is 14.0. The molecule has 24 heavy (non-hydrogen) atoms. The number of rotatable bonds is 4. The number of anilines is 1. The zero-order chi connectivity index (χ0) is 16.4. The van der Waals surface area contributed by atoms with Crippen LogP contribution in [-0.2, 0) is 4.79 Å². The molecule has 2 aliphatic rings. The summed E-state index contributed by atoms with van der Waals surface area (Å²) < 4.78 is 0. The summed E-state index contributed by atoms with van der Waals surface area (Å²) in [7, 11) is 0. The van der Waals surface area contributed by atoms with Crippen molar-refractivity contribution in [2.75, 3.05) is 18.4 Å². The topological polar surface area (TPSA) is 75.4 Å². The fraction of sp³-hybridized carbons (Fsp3) is 0.556. The van der Waals surface area contributed by atoms with E-state index in [4.69, 9.17) is 5.73 Å². The third kappa shape index (κ3) is 4.08. The largest absolute Gasteiger partial charge is 0.334 e. The Morgan fingerprint density at radius 3 is 2.75 bits per heavy atom. The van der Waals surface area contributed by atoms with Gasteiger partial charge in [0.1, 0.15) is 0 Å². The molecule has 6 heteroatoms. The van der Waals surface area contributed by atoms with Crippen molar-refractivity contribution in [2.24, 2.45) is 17.6 Å². The second-order valence-electron chi connectivity index (χ2n) is 6.77. The molecule has 3 atom stereocenters. The highest BCUT2D eigenvalue weighted by Crippen LogP contribution is 2.38. The molecule has 0 aromatic heterocycles. The van der Waals surface area contributed by atoms with Crippen molar-refractivity contribution in [3.63, 3.8) is 0 Å². The Bertz CT molecular complexity index is 608. The first kappa shape index (κ1) is 18.7. The number of hydrogen-bond acceptors (Lipinski definition) is 3. The van der Waals surface area contributed by atoms with Gasteiger partial charge in [-0.15, -0.1) is 12.4 Å². The molecule has 3 rings (SSSR count). The summed E-state index contributed by atoms with van der Waals surface area (Å²) in [4.78, 5) is 26.7. The summed E-state index contributed by atoms with van der Waals surface area (Å²) in [5.41, 5.74) is 7.12. The van der Waals surface area contributed by atoms with E-state index in [2.05, 4.69) is 12.2 Å². The Hall–Kier alpha value is -1.59. The zero-order valence-corrected chi connectivity index (χ0v) is 14.8. The summed E-state index contributed by atoms with van der Waals surface area (Å²) in [6, 6.07) is 7.36. The number of carbonyl (C=O) groups excluding carboxylic acids is 2. The second-order valence-corrected chi connectivity index (χ2v) is 6.77. The molecule has 0 radical (unpaired) electrons. The second kappa shape index (κ2) is 7.99. The SMILES string of the molecule is CC1CC1C(=O)Nc1cccc(C(=O)N2CCCCC2CN)c1.Cl. The standard InChI is InChI=1S/C18H25N3O2.ClH/c1-12-9-16(12)17(22)20-14-6-4-5-13(10-14)18(23)21-8-3-2-7-15(21)11-19;/h4-6,10,12,15-16H,2-3,7-9,11,19H2,1H3,(H,20,22);1H. The fourth-order valence-corrected chi connectivity index (χ4v) is 3.33. The third-order valence-electron chi connectivity index (χ3n) is 4.98. The summed E-state index contributed by atoms with van der Waals surface area (Å²) in [6.45, 7) is 3.34. The Kier molecular flexibility index (Phi) is 6.24. The number of halogens is 1. The number of carbonyl (C=O) groups is 2.